The van der Waals surface area contributed by atoms with Crippen LogP contribution in [0.2, 0.25) is 0 Å². The number of benzene rings is 2. The van der Waals surface area contributed by atoms with Gasteiger partial charge in [-0.05, 0) is 54.4 Å². The molecule has 1 fully saturated rings. The van der Waals surface area contributed by atoms with Crippen molar-refractivity contribution in [3.63, 3.8) is 0 Å². The van der Waals surface area contributed by atoms with E-state index in [9.17, 15) is 9.59 Å². The molecule has 0 aromatic heterocycles. The molecule has 29 heavy (non-hydrogen) atoms. The molecule has 1 N–H and O–H groups in total. The van der Waals surface area contributed by atoms with Crippen molar-refractivity contribution in [2.24, 2.45) is 5.92 Å². The molecule has 154 valence electrons. The zero-order valence-electron chi connectivity index (χ0n) is 17.4. The topological polar surface area (TPSA) is 61.9 Å². The lowest BCUT2D eigenvalue weighted by atomic mass is 10.1. The number of nitrogens with one attached hydrogen (secondary N) is 1. The third-order valence-electron chi connectivity index (χ3n) is 5.01. The van der Waals surface area contributed by atoms with Crippen molar-refractivity contribution in [1.82, 2.24) is 4.90 Å². The molecule has 2 aromatic carbocycles. The number of amides is 2. The van der Waals surface area contributed by atoms with Crippen molar-refractivity contribution in [1.29, 1.82) is 0 Å². The number of nitrogens with zero attached hydrogens (tertiary/aromatic N) is 2. The number of rotatable bonds is 6. The van der Waals surface area contributed by atoms with E-state index in [1.807, 2.05) is 55.1 Å². The molecule has 6 nitrogen and oxygen atoms in total. The highest BCUT2D eigenvalue weighted by Crippen LogP contribution is 2.21. The largest absolute Gasteiger partial charge is 0.497 e. The summed E-state index contributed by atoms with van der Waals surface area (Å²) in [6.45, 7) is 6.97. The smallest absolute Gasteiger partial charge is 0.253 e. The Bertz CT molecular complexity index is 823. The highest BCUT2D eigenvalue weighted by Gasteiger charge is 2.22. The number of piperazine rings is 1. The number of ether oxygens (including phenoxy) is 1. The molecule has 0 spiro atoms. The van der Waals surface area contributed by atoms with Crippen LogP contribution in [-0.4, -0.2) is 50.0 Å². The molecule has 1 aliphatic rings. The summed E-state index contributed by atoms with van der Waals surface area (Å²) >= 11 is 0. The standard InChI is InChI=1S/C23H29N3O3/c1-17(2)16-22(27)24-19-6-8-20(9-7-19)25-12-14-26(15-13-25)23(28)18-4-10-21(29-3)11-5-18/h4-11,17H,12-16H2,1-3H3,(H,24,27). The zero-order chi connectivity index (χ0) is 20.8. The van der Waals surface area contributed by atoms with Gasteiger partial charge in [-0.3, -0.25) is 9.59 Å². The third kappa shape index (κ3) is 5.50. The number of anilines is 2. The van der Waals surface area contributed by atoms with Crippen LogP contribution in [0.3, 0.4) is 0 Å². The van der Waals surface area contributed by atoms with Crippen LogP contribution < -0.4 is 15.0 Å². The Morgan fingerprint density at radius 3 is 2.14 bits per heavy atom. The van der Waals surface area contributed by atoms with Crippen LogP contribution >= 0.6 is 0 Å². The lowest BCUT2D eigenvalue weighted by Crippen LogP contribution is -2.48. The van der Waals surface area contributed by atoms with Crippen LogP contribution in [0.4, 0.5) is 11.4 Å². The van der Waals surface area contributed by atoms with E-state index in [0.29, 0.717) is 31.0 Å². The number of carbonyl (C=O) groups excluding carboxylic acids is 2. The minimum absolute atomic E-state index is 0.0402. The molecule has 0 radical (unpaired) electrons. The van der Waals surface area contributed by atoms with E-state index in [2.05, 4.69) is 10.2 Å². The van der Waals surface area contributed by atoms with E-state index in [1.165, 1.54) is 0 Å². The quantitative estimate of drug-likeness (QED) is 0.811. The molecule has 0 atom stereocenters. The van der Waals surface area contributed by atoms with Crippen LogP contribution in [0.1, 0.15) is 30.6 Å². The predicted octanol–water partition coefficient (Wildman–Crippen LogP) is 3.64. The summed E-state index contributed by atoms with van der Waals surface area (Å²) in [7, 11) is 1.61. The van der Waals surface area contributed by atoms with Crippen molar-refractivity contribution in [3.05, 3.63) is 54.1 Å². The van der Waals surface area contributed by atoms with Crippen LogP contribution in [0.5, 0.6) is 5.75 Å². The maximum absolute atomic E-state index is 12.7. The lowest BCUT2D eigenvalue weighted by molar-refractivity contribution is -0.116. The van der Waals surface area contributed by atoms with Crippen molar-refractivity contribution >= 4 is 23.2 Å². The molecule has 0 saturated carbocycles. The second-order valence-corrected chi connectivity index (χ2v) is 7.70. The van der Waals surface area contributed by atoms with Crippen molar-refractivity contribution in [2.75, 3.05) is 43.5 Å². The third-order valence-corrected chi connectivity index (χ3v) is 5.01. The Morgan fingerprint density at radius 1 is 0.966 bits per heavy atom. The summed E-state index contributed by atoms with van der Waals surface area (Å²) in [6, 6.07) is 15.1. The van der Waals surface area contributed by atoms with Crippen molar-refractivity contribution in [2.45, 2.75) is 20.3 Å². The molecule has 0 unspecified atom stereocenters. The van der Waals surface area contributed by atoms with E-state index in [-0.39, 0.29) is 11.8 Å². The van der Waals surface area contributed by atoms with Crippen molar-refractivity contribution in [3.8, 4) is 5.75 Å². The summed E-state index contributed by atoms with van der Waals surface area (Å²) in [5.41, 5.74) is 2.59. The molecule has 0 bridgehead atoms. The van der Waals surface area contributed by atoms with Gasteiger partial charge in [-0.1, -0.05) is 13.8 Å². The number of carbonyl (C=O) groups is 2. The van der Waals surface area contributed by atoms with Crippen LogP contribution in [0.25, 0.3) is 0 Å². The second kappa shape index (κ2) is 9.45. The summed E-state index contributed by atoms with van der Waals surface area (Å²) < 4.78 is 5.15. The highest BCUT2D eigenvalue weighted by molar-refractivity contribution is 5.94. The van der Waals surface area contributed by atoms with E-state index < -0.39 is 0 Å². The molecular weight excluding hydrogens is 366 g/mol. The van der Waals surface area contributed by atoms with Crippen LogP contribution in [0.15, 0.2) is 48.5 Å². The number of hydrogen-bond acceptors (Lipinski definition) is 4. The van der Waals surface area contributed by atoms with Gasteiger partial charge >= 0.3 is 0 Å². The Kier molecular flexibility index (Phi) is 6.75. The summed E-state index contributed by atoms with van der Waals surface area (Å²) in [6.07, 6.45) is 0.520. The Labute approximate surface area is 172 Å². The first-order valence-electron chi connectivity index (χ1n) is 10.0. The molecule has 1 heterocycles. The minimum Gasteiger partial charge on any atom is -0.497 e. The van der Waals surface area contributed by atoms with Gasteiger partial charge in [-0.25, -0.2) is 0 Å². The van der Waals surface area contributed by atoms with Gasteiger partial charge in [-0.2, -0.15) is 0 Å². The average Bonchev–Trinajstić information content (AvgIpc) is 2.73. The first-order chi connectivity index (χ1) is 14.0. The zero-order valence-corrected chi connectivity index (χ0v) is 17.4. The monoisotopic (exact) mass is 395 g/mol. The second-order valence-electron chi connectivity index (χ2n) is 7.70. The molecule has 3 rings (SSSR count). The molecule has 6 heteroatoms. The highest BCUT2D eigenvalue weighted by atomic mass is 16.5. The molecular formula is C23H29N3O3. The van der Waals surface area contributed by atoms with Gasteiger partial charge in [0, 0.05) is 49.5 Å². The van der Waals surface area contributed by atoms with Gasteiger partial charge < -0.3 is 19.9 Å². The van der Waals surface area contributed by atoms with Gasteiger partial charge in [0.15, 0.2) is 0 Å². The molecule has 2 amide bonds. The Morgan fingerprint density at radius 2 is 1.59 bits per heavy atom. The van der Waals surface area contributed by atoms with E-state index in [1.54, 1.807) is 19.2 Å². The van der Waals surface area contributed by atoms with Gasteiger partial charge in [0.25, 0.3) is 5.91 Å². The fourth-order valence-electron chi connectivity index (χ4n) is 3.42. The maximum atomic E-state index is 12.7. The summed E-state index contributed by atoms with van der Waals surface area (Å²) in [4.78, 5) is 28.7. The fourth-order valence-corrected chi connectivity index (χ4v) is 3.42. The predicted molar refractivity (Wildman–Crippen MR) is 116 cm³/mol. The maximum Gasteiger partial charge on any atom is 0.253 e. The van der Waals surface area contributed by atoms with Gasteiger partial charge in [0.2, 0.25) is 5.91 Å². The minimum atomic E-state index is 0.0402. The first kappa shape index (κ1) is 20.7. The molecule has 1 saturated heterocycles. The number of methoxy groups -OCH3 is 1. The normalized spacial score (nSPS) is 14.1. The Hall–Kier alpha value is -3.02. The van der Waals surface area contributed by atoms with Crippen LogP contribution in [-0.2, 0) is 4.79 Å². The van der Waals surface area contributed by atoms with Crippen molar-refractivity contribution < 1.29 is 14.3 Å². The van der Waals surface area contributed by atoms with E-state index in [4.69, 9.17) is 4.74 Å². The van der Waals surface area contributed by atoms with E-state index >= 15 is 0 Å². The number of hydrogen-bond donors (Lipinski definition) is 1. The van der Waals surface area contributed by atoms with Gasteiger partial charge in [0.05, 0.1) is 7.11 Å². The lowest BCUT2D eigenvalue weighted by Gasteiger charge is -2.36. The fraction of sp³-hybridized carbons (Fsp3) is 0.391. The molecule has 0 aliphatic carbocycles. The Balaban J connectivity index is 1.53. The average molecular weight is 396 g/mol. The molecule has 2 aromatic rings. The first-order valence-corrected chi connectivity index (χ1v) is 10.0. The summed E-state index contributed by atoms with van der Waals surface area (Å²) in [5.74, 6) is 1.18. The van der Waals surface area contributed by atoms with Gasteiger partial charge in [-0.15, -0.1) is 0 Å². The van der Waals surface area contributed by atoms with Crippen LogP contribution in [0, 0.1) is 5.92 Å². The van der Waals surface area contributed by atoms with Gasteiger partial charge in [0.1, 0.15) is 5.75 Å². The van der Waals surface area contributed by atoms with E-state index in [0.717, 1.165) is 30.2 Å². The summed E-state index contributed by atoms with van der Waals surface area (Å²) in [5, 5.41) is 2.93. The SMILES string of the molecule is COc1ccc(C(=O)N2CCN(c3ccc(NC(=O)CC(C)C)cc3)CC2)cc1. The molecule has 1 aliphatic heterocycles.